The van der Waals surface area contributed by atoms with Crippen molar-refractivity contribution in [2.24, 2.45) is 0 Å². The lowest BCUT2D eigenvalue weighted by Gasteiger charge is -2.34. The number of amides is 2. The highest BCUT2D eigenvalue weighted by Gasteiger charge is 2.22. The van der Waals surface area contributed by atoms with Gasteiger partial charge < -0.3 is 25.7 Å². The van der Waals surface area contributed by atoms with E-state index in [1.807, 2.05) is 31.2 Å². The number of nitrogen functional groups attached to an aromatic ring is 1. The molecule has 1 unspecified atom stereocenters. The number of morpholine rings is 1. The van der Waals surface area contributed by atoms with Crippen LogP contribution in [0.15, 0.2) is 41.2 Å². The van der Waals surface area contributed by atoms with Crippen LogP contribution < -0.4 is 21.8 Å². The second kappa shape index (κ2) is 11.5. The molecule has 37 heavy (non-hydrogen) atoms. The van der Waals surface area contributed by atoms with E-state index in [0.29, 0.717) is 36.4 Å². The van der Waals surface area contributed by atoms with E-state index >= 15 is 0 Å². The summed E-state index contributed by atoms with van der Waals surface area (Å²) in [4.78, 5) is 44.8. The molecular formula is C27H34N6O4. The normalized spacial score (nSPS) is 16.0. The number of nitrogens with two attached hydrogens (primary N) is 1. The van der Waals surface area contributed by atoms with E-state index in [0.717, 1.165) is 30.8 Å². The molecule has 10 nitrogen and oxygen atoms in total. The highest BCUT2D eigenvalue weighted by molar-refractivity contribution is 6.01. The summed E-state index contributed by atoms with van der Waals surface area (Å²) >= 11 is 0. The monoisotopic (exact) mass is 506 g/mol. The van der Waals surface area contributed by atoms with E-state index < -0.39 is 11.3 Å². The minimum atomic E-state index is -0.523. The highest BCUT2D eigenvalue weighted by atomic mass is 16.5. The lowest BCUT2D eigenvalue weighted by Crippen LogP contribution is -2.51. The molecule has 1 atom stereocenters. The third-order valence-corrected chi connectivity index (χ3v) is 6.82. The first-order chi connectivity index (χ1) is 17.9. The summed E-state index contributed by atoms with van der Waals surface area (Å²) in [6.45, 7) is 8.19. The minimum absolute atomic E-state index is 0.0347. The highest BCUT2D eigenvalue weighted by Crippen LogP contribution is 2.23. The van der Waals surface area contributed by atoms with E-state index in [1.165, 1.54) is 7.05 Å². The van der Waals surface area contributed by atoms with Gasteiger partial charge in [0.05, 0.1) is 36.8 Å². The third kappa shape index (κ3) is 5.50. The number of likely N-dealkylation sites (N-methyl/N-ethyl adjacent to an activating group) is 1. The number of nitrogens with zero attached hydrogens (tertiary/aromatic N) is 3. The van der Waals surface area contributed by atoms with Crippen LogP contribution in [0.2, 0.25) is 0 Å². The molecule has 0 radical (unpaired) electrons. The zero-order valence-electron chi connectivity index (χ0n) is 21.5. The Balaban J connectivity index is 1.51. The van der Waals surface area contributed by atoms with Crippen molar-refractivity contribution in [2.45, 2.75) is 32.9 Å². The summed E-state index contributed by atoms with van der Waals surface area (Å²) in [5, 5.41) is 5.83. The summed E-state index contributed by atoms with van der Waals surface area (Å²) in [5.74, 6) is -0.468. The molecule has 3 heterocycles. The molecular weight excluding hydrogens is 472 g/mol. The summed E-state index contributed by atoms with van der Waals surface area (Å²) in [6, 6.07) is 11.2. The Morgan fingerprint density at radius 3 is 2.57 bits per heavy atom. The lowest BCUT2D eigenvalue weighted by molar-refractivity contribution is -0.121. The van der Waals surface area contributed by atoms with Gasteiger partial charge in [-0.05, 0) is 31.2 Å². The largest absolute Gasteiger partial charge is 0.384 e. The molecule has 2 aromatic heterocycles. The van der Waals surface area contributed by atoms with Gasteiger partial charge >= 0.3 is 0 Å². The molecule has 0 saturated carbocycles. The van der Waals surface area contributed by atoms with Crippen molar-refractivity contribution in [1.82, 2.24) is 25.1 Å². The van der Waals surface area contributed by atoms with Crippen LogP contribution >= 0.6 is 0 Å². The predicted molar refractivity (Wildman–Crippen MR) is 143 cm³/mol. The maximum absolute atomic E-state index is 13.0. The first kappa shape index (κ1) is 26.3. The number of fused-ring (bicyclic) bond motifs is 1. The maximum atomic E-state index is 13.0. The maximum Gasteiger partial charge on any atom is 0.258 e. The van der Waals surface area contributed by atoms with Crippen molar-refractivity contribution in [3.05, 3.63) is 57.7 Å². The number of aromatic nitrogens is 2. The number of pyridine rings is 2. The van der Waals surface area contributed by atoms with E-state index in [9.17, 15) is 14.4 Å². The van der Waals surface area contributed by atoms with Crippen molar-refractivity contribution in [3.63, 3.8) is 0 Å². The van der Waals surface area contributed by atoms with Crippen molar-refractivity contribution in [1.29, 1.82) is 0 Å². The number of carbonyl (C=O) groups excluding carboxylic acids is 2. The van der Waals surface area contributed by atoms with E-state index in [1.54, 1.807) is 16.7 Å². The van der Waals surface area contributed by atoms with Crippen LogP contribution in [-0.4, -0.2) is 72.2 Å². The van der Waals surface area contributed by atoms with Gasteiger partial charge in [-0.1, -0.05) is 31.2 Å². The van der Waals surface area contributed by atoms with Crippen LogP contribution in [0, 0.1) is 0 Å². The fourth-order valence-electron chi connectivity index (χ4n) is 4.72. The molecule has 1 fully saturated rings. The standard InChI is InChI=1S/C27H34N6O4/c1-4-32-12-13-37-16-19(32)15-30-22(34)14-17-6-8-18(9-7-17)21-11-10-20-24(35)23(27(36)29-3)25(28)33(5-2)26(20)31-21/h6-11,19H,4-5,12-16,28H2,1-3H3,(H,29,36)(H,30,34). The molecule has 196 valence electrons. The van der Waals surface area contributed by atoms with Gasteiger partial charge in [-0.25, -0.2) is 4.98 Å². The molecule has 4 N–H and O–H groups in total. The quantitative estimate of drug-likeness (QED) is 0.421. The van der Waals surface area contributed by atoms with E-state index in [-0.39, 0.29) is 29.8 Å². The van der Waals surface area contributed by atoms with Crippen LogP contribution in [0.5, 0.6) is 0 Å². The average molecular weight is 507 g/mol. The molecule has 3 aromatic rings. The molecule has 4 rings (SSSR count). The number of nitrogens with one attached hydrogen (secondary N) is 2. The summed E-state index contributed by atoms with van der Waals surface area (Å²) in [5.41, 5.74) is 8.49. The summed E-state index contributed by atoms with van der Waals surface area (Å²) in [6.07, 6.45) is 0.277. The SMILES string of the molecule is CCN1CCOCC1CNC(=O)Cc1ccc(-c2ccc3c(=O)c(C(=O)NC)c(N)n(CC)c3n2)cc1. The summed E-state index contributed by atoms with van der Waals surface area (Å²) in [7, 11) is 1.46. The van der Waals surface area contributed by atoms with Gasteiger partial charge in [0.2, 0.25) is 11.3 Å². The molecule has 0 spiro atoms. The number of rotatable bonds is 8. The van der Waals surface area contributed by atoms with Gasteiger partial charge in [-0.3, -0.25) is 19.3 Å². The molecule has 1 aromatic carbocycles. The van der Waals surface area contributed by atoms with Gasteiger partial charge in [-0.2, -0.15) is 0 Å². The van der Waals surface area contributed by atoms with Crippen molar-refractivity contribution in [2.75, 3.05) is 45.6 Å². The number of benzene rings is 1. The van der Waals surface area contributed by atoms with E-state index in [4.69, 9.17) is 15.5 Å². The molecule has 1 aliphatic heterocycles. The molecule has 1 saturated heterocycles. The van der Waals surface area contributed by atoms with E-state index in [2.05, 4.69) is 22.5 Å². The fraction of sp³-hybridized carbons (Fsp3) is 0.407. The number of hydrogen-bond acceptors (Lipinski definition) is 7. The Bertz CT molecular complexity index is 1350. The number of carbonyl (C=O) groups is 2. The van der Waals surface area contributed by atoms with Gasteiger partial charge in [0.15, 0.2) is 0 Å². The summed E-state index contributed by atoms with van der Waals surface area (Å²) < 4.78 is 7.22. The average Bonchev–Trinajstić information content (AvgIpc) is 2.92. The number of ether oxygens (including phenoxy) is 1. The zero-order valence-corrected chi connectivity index (χ0v) is 21.5. The Morgan fingerprint density at radius 2 is 1.89 bits per heavy atom. The Hall–Kier alpha value is -3.76. The number of aryl methyl sites for hydroxylation is 1. The molecule has 10 heteroatoms. The Kier molecular flexibility index (Phi) is 8.20. The first-order valence-corrected chi connectivity index (χ1v) is 12.6. The molecule has 1 aliphatic rings. The van der Waals surface area contributed by atoms with Gasteiger partial charge in [0.1, 0.15) is 17.0 Å². The molecule has 0 bridgehead atoms. The van der Waals surface area contributed by atoms with Crippen molar-refractivity contribution in [3.8, 4) is 11.3 Å². The fourth-order valence-corrected chi connectivity index (χ4v) is 4.72. The Labute approximate surface area is 215 Å². The van der Waals surface area contributed by atoms with Gasteiger partial charge in [-0.15, -0.1) is 0 Å². The van der Waals surface area contributed by atoms with Crippen LogP contribution in [0.1, 0.15) is 29.8 Å². The van der Waals surface area contributed by atoms with Crippen molar-refractivity contribution < 1.29 is 14.3 Å². The topological polar surface area (TPSA) is 132 Å². The first-order valence-electron chi connectivity index (χ1n) is 12.6. The number of anilines is 1. The third-order valence-electron chi connectivity index (χ3n) is 6.82. The smallest absolute Gasteiger partial charge is 0.258 e. The predicted octanol–water partition coefficient (Wildman–Crippen LogP) is 1.40. The lowest BCUT2D eigenvalue weighted by atomic mass is 10.0. The molecule has 2 amide bonds. The Morgan fingerprint density at radius 1 is 1.14 bits per heavy atom. The van der Waals surface area contributed by atoms with Gasteiger partial charge in [0, 0.05) is 32.2 Å². The minimum Gasteiger partial charge on any atom is -0.384 e. The van der Waals surface area contributed by atoms with Crippen molar-refractivity contribution >= 4 is 28.7 Å². The van der Waals surface area contributed by atoms with Crippen LogP contribution in [0.3, 0.4) is 0 Å². The van der Waals surface area contributed by atoms with Gasteiger partial charge in [0.25, 0.3) is 5.91 Å². The molecule has 0 aliphatic carbocycles. The second-order valence-corrected chi connectivity index (χ2v) is 9.02. The second-order valence-electron chi connectivity index (χ2n) is 9.02. The number of hydrogen-bond donors (Lipinski definition) is 3. The van der Waals surface area contributed by atoms with Crippen LogP contribution in [0.25, 0.3) is 22.3 Å². The van der Waals surface area contributed by atoms with Crippen LogP contribution in [0.4, 0.5) is 5.82 Å². The van der Waals surface area contributed by atoms with Crippen LogP contribution in [-0.2, 0) is 22.5 Å². The zero-order chi connectivity index (χ0) is 26.5.